The van der Waals surface area contributed by atoms with Crippen LogP contribution in [0, 0.1) is 0 Å². The normalized spacial score (nSPS) is 14.9. The van der Waals surface area contributed by atoms with Gasteiger partial charge in [-0.15, -0.1) is 0 Å². The third kappa shape index (κ3) is 33.0. The van der Waals surface area contributed by atoms with E-state index in [0.29, 0.717) is 6.54 Å². The first kappa shape index (κ1) is 48.4. The van der Waals surface area contributed by atoms with E-state index in [1.54, 1.807) is 0 Å². The fraction of sp³-hybridized carbons (Fsp3) is 0.600. The van der Waals surface area contributed by atoms with Crippen LogP contribution in [-0.4, -0.2) is 6.54 Å². The number of allylic oxidation sites excluding steroid dienone is 19. The predicted octanol–water partition coefficient (Wildman–Crippen LogP) is 16.4. The molecule has 0 aromatic rings. The van der Waals surface area contributed by atoms with E-state index in [1.807, 2.05) is 0 Å². The maximum atomic E-state index is 5.60. The molecule has 0 fully saturated rings. The molecule has 0 aromatic heterocycles. The molecule has 0 aliphatic rings. The predicted molar refractivity (Wildman–Crippen MR) is 235 cm³/mol. The van der Waals surface area contributed by atoms with Crippen LogP contribution in [0.25, 0.3) is 0 Å². The van der Waals surface area contributed by atoms with Gasteiger partial charge in [-0.2, -0.15) is 0 Å². The van der Waals surface area contributed by atoms with E-state index in [2.05, 4.69) is 137 Å². The van der Waals surface area contributed by atoms with E-state index >= 15 is 0 Å². The Morgan fingerprint density at radius 2 is 0.412 bits per heavy atom. The highest BCUT2D eigenvalue weighted by molar-refractivity contribution is 5.11. The molecule has 0 saturated carbocycles. The zero-order chi connectivity index (χ0) is 38.3. The molecular formula is C50H83N. The minimum atomic E-state index is 0.650. The lowest BCUT2D eigenvalue weighted by atomic mass is 10.0. The van der Waals surface area contributed by atoms with E-state index in [4.69, 9.17) is 5.73 Å². The van der Waals surface area contributed by atoms with Crippen LogP contribution in [-0.2, 0) is 0 Å². The number of rotatable bonds is 28. The maximum Gasteiger partial charge on any atom is 0.0109 e. The first-order chi connectivity index (χ1) is 24.3. The lowest BCUT2D eigenvalue weighted by Gasteiger charge is -2.04. The van der Waals surface area contributed by atoms with Crippen molar-refractivity contribution in [3.05, 3.63) is 116 Å². The number of hydrogen-bond acceptors (Lipinski definition) is 1. The molecule has 0 heterocycles. The summed E-state index contributed by atoms with van der Waals surface area (Å²) >= 11 is 0. The summed E-state index contributed by atoms with van der Waals surface area (Å²) in [7, 11) is 0. The van der Waals surface area contributed by atoms with E-state index in [0.717, 1.165) is 51.4 Å². The summed E-state index contributed by atoms with van der Waals surface area (Å²) in [6.45, 7) is 25.5. The van der Waals surface area contributed by atoms with Crippen molar-refractivity contribution in [3.8, 4) is 0 Å². The van der Waals surface area contributed by atoms with E-state index in [-0.39, 0.29) is 0 Å². The molecule has 0 unspecified atom stereocenters. The van der Waals surface area contributed by atoms with Crippen molar-refractivity contribution >= 4 is 0 Å². The SMILES string of the molecule is CC(C)=CCC/C(C)=C/CC/C(C)=C/CC/C(C)=C/CC/C(C)=C/CC/C(C)=C/CC/C(C)=C/CC/C(C)=C/CC/C(C)=C/CC/C(C)=C/CN. The van der Waals surface area contributed by atoms with E-state index in [9.17, 15) is 0 Å². The van der Waals surface area contributed by atoms with Gasteiger partial charge in [-0.05, 0) is 192 Å². The summed E-state index contributed by atoms with van der Waals surface area (Å²) in [5.74, 6) is 0. The van der Waals surface area contributed by atoms with Crippen LogP contribution in [0.4, 0.5) is 0 Å². The first-order valence-corrected chi connectivity index (χ1v) is 20.6. The highest BCUT2D eigenvalue weighted by atomic mass is 14.5. The van der Waals surface area contributed by atoms with Crippen LogP contribution in [0.5, 0.6) is 0 Å². The molecular weight excluding hydrogens is 615 g/mol. The van der Waals surface area contributed by atoms with Crippen LogP contribution < -0.4 is 5.73 Å². The summed E-state index contributed by atoms with van der Waals surface area (Å²) in [6.07, 6.45) is 45.0. The largest absolute Gasteiger partial charge is 0.327 e. The van der Waals surface area contributed by atoms with E-state index in [1.165, 1.54) is 120 Å². The molecule has 0 aliphatic heterocycles. The molecule has 0 saturated heterocycles. The Balaban J connectivity index is 4.24. The minimum Gasteiger partial charge on any atom is -0.327 e. The zero-order valence-electron chi connectivity index (χ0n) is 35.8. The highest BCUT2D eigenvalue weighted by Gasteiger charge is 1.98. The summed E-state index contributed by atoms with van der Waals surface area (Å²) in [5, 5.41) is 0. The van der Waals surface area contributed by atoms with Crippen molar-refractivity contribution in [2.24, 2.45) is 5.73 Å². The molecule has 1 nitrogen and oxygen atoms in total. The second kappa shape index (κ2) is 32.0. The zero-order valence-corrected chi connectivity index (χ0v) is 35.8. The third-order valence-corrected chi connectivity index (χ3v) is 9.81. The first-order valence-electron chi connectivity index (χ1n) is 20.6. The molecule has 0 radical (unpaired) electrons. The molecule has 51 heavy (non-hydrogen) atoms. The lowest BCUT2D eigenvalue weighted by molar-refractivity contribution is 0.879. The molecule has 0 aromatic carbocycles. The Bertz CT molecular complexity index is 1260. The third-order valence-electron chi connectivity index (χ3n) is 9.81. The molecule has 0 atom stereocenters. The van der Waals surface area contributed by atoms with Crippen molar-refractivity contribution in [1.29, 1.82) is 0 Å². The summed E-state index contributed by atoms with van der Waals surface area (Å²) < 4.78 is 0. The van der Waals surface area contributed by atoms with Crippen molar-refractivity contribution in [1.82, 2.24) is 0 Å². The molecule has 2 N–H and O–H groups in total. The van der Waals surface area contributed by atoms with Crippen LogP contribution in [0.1, 0.15) is 192 Å². The molecule has 288 valence electrons. The van der Waals surface area contributed by atoms with Gasteiger partial charge in [0.2, 0.25) is 0 Å². The molecule has 0 rings (SSSR count). The molecule has 0 aliphatic carbocycles. The fourth-order valence-corrected chi connectivity index (χ4v) is 6.08. The second-order valence-corrected chi connectivity index (χ2v) is 15.8. The molecule has 0 bridgehead atoms. The van der Waals surface area contributed by atoms with Crippen molar-refractivity contribution in [3.63, 3.8) is 0 Å². The minimum absolute atomic E-state index is 0.650. The Morgan fingerprint density at radius 1 is 0.255 bits per heavy atom. The molecule has 0 spiro atoms. The quantitative estimate of drug-likeness (QED) is 0.0809. The monoisotopic (exact) mass is 698 g/mol. The van der Waals surface area contributed by atoms with Crippen LogP contribution in [0.3, 0.4) is 0 Å². The van der Waals surface area contributed by atoms with Crippen molar-refractivity contribution in [2.45, 2.75) is 192 Å². The van der Waals surface area contributed by atoms with Gasteiger partial charge in [-0.3, -0.25) is 0 Å². The summed E-state index contributed by atoms with van der Waals surface area (Å²) in [5.41, 5.74) is 20.6. The number of hydrogen-bond donors (Lipinski definition) is 1. The van der Waals surface area contributed by atoms with Gasteiger partial charge in [-0.25, -0.2) is 0 Å². The van der Waals surface area contributed by atoms with Gasteiger partial charge < -0.3 is 5.73 Å². The van der Waals surface area contributed by atoms with Gasteiger partial charge in [-0.1, -0.05) is 116 Å². The summed E-state index contributed by atoms with van der Waals surface area (Å²) in [6, 6.07) is 0. The lowest BCUT2D eigenvalue weighted by Crippen LogP contribution is -1.94. The average Bonchev–Trinajstić information content (AvgIpc) is 3.04. The maximum absolute atomic E-state index is 5.60. The van der Waals surface area contributed by atoms with Gasteiger partial charge in [0, 0.05) is 6.54 Å². The van der Waals surface area contributed by atoms with Gasteiger partial charge in [0.25, 0.3) is 0 Å². The van der Waals surface area contributed by atoms with Gasteiger partial charge >= 0.3 is 0 Å². The molecule has 0 amide bonds. The standard InChI is InChI=1S/C50H83N/c1-41(2)21-12-22-42(3)23-13-24-43(4)25-14-26-44(5)27-15-28-45(6)29-16-30-46(7)31-17-32-47(8)33-18-34-48(9)35-19-36-49(10)37-20-38-50(11)39-40-51/h21,23,25,27,29,31,33,35,37,39H,12-20,22,24,26,28,30,32,34,36,38,40,51H2,1-11H3/b42-23+,43-25+,44-27+,45-29+,46-31+,47-33+,48-35+,49-37+,50-39+. The summed E-state index contributed by atoms with van der Waals surface area (Å²) in [4.78, 5) is 0. The smallest absolute Gasteiger partial charge is 0.0109 e. The van der Waals surface area contributed by atoms with Crippen LogP contribution in [0.15, 0.2) is 116 Å². The average molecular weight is 698 g/mol. The van der Waals surface area contributed by atoms with E-state index < -0.39 is 0 Å². The van der Waals surface area contributed by atoms with Crippen molar-refractivity contribution in [2.75, 3.05) is 6.54 Å². The highest BCUT2D eigenvalue weighted by Crippen LogP contribution is 2.18. The Morgan fingerprint density at radius 3 is 0.569 bits per heavy atom. The second-order valence-electron chi connectivity index (χ2n) is 15.8. The van der Waals surface area contributed by atoms with Gasteiger partial charge in [0.15, 0.2) is 0 Å². The van der Waals surface area contributed by atoms with Gasteiger partial charge in [0.1, 0.15) is 0 Å². The Hall–Kier alpha value is -2.64. The topological polar surface area (TPSA) is 26.0 Å². The Kier molecular flexibility index (Phi) is 30.4. The number of nitrogens with two attached hydrogens (primary N) is 1. The molecule has 1 heteroatoms. The fourth-order valence-electron chi connectivity index (χ4n) is 6.08. The van der Waals surface area contributed by atoms with Crippen molar-refractivity contribution < 1.29 is 0 Å². The Labute approximate surface area is 319 Å². The van der Waals surface area contributed by atoms with Gasteiger partial charge in [0.05, 0.1) is 0 Å². The van der Waals surface area contributed by atoms with Crippen LogP contribution in [0.2, 0.25) is 0 Å². The van der Waals surface area contributed by atoms with Crippen LogP contribution >= 0.6 is 0 Å².